The molecule has 1 rings (SSSR count). The van der Waals surface area contributed by atoms with Gasteiger partial charge in [0, 0.05) is 6.04 Å². The fraction of sp³-hybridized carbons (Fsp3) is 0.917. The predicted molar refractivity (Wildman–Crippen MR) is 60.9 cm³/mol. The summed E-state index contributed by atoms with van der Waals surface area (Å²) in [6.07, 6.45) is 3.14. The van der Waals surface area contributed by atoms with Gasteiger partial charge in [-0.05, 0) is 38.1 Å². The average molecular weight is 213 g/mol. The highest BCUT2D eigenvalue weighted by molar-refractivity contribution is 5.74. The van der Waals surface area contributed by atoms with Gasteiger partial charge < -0.3 is 5.11 Å². The molecule has 88 valence electrons. The third kappa shape index (κ3) is 2.51. The van der Waals surface area contributed by atoms with Crippen molar-refractivity contribution in [3.63, 3.8) is 0 Å². The molecule has 0 radical (unpaired) electrons. The van der Waals surface area contributed by atoms with Crippen molar-refractivity contribution in [2.45, 2.75) is 59.0 Å². The summed E-state index contributed by atoms with van der Waals surface area (Å²) in [6, 6.07) is 0.0480. The van der Waals surface area contributed by atoms with E-state index in [2.05, 4.69) is 32.6 Å². The van der Waals surface area contributed by atoms with E-state index in [0.717, 1.165) is 25.8 Å². The van der Waals surface area contributed by atoms with E-state index >= 15 is 0 Å². The van der Waals surface area contributed by atoms with Crippen molar-refractivity contribution < 1.29 is 9.90 Å². The van der Waals surface area contributed by atoms with Crippen LogP contribution in [0.15, 0.2) is 0 Å². The average Bonchev–Trinajstić information content (AvgIpc) is 2.14. The van der Waals surface area contributed by atoms with Crippen LogP contribution in [0, 0.1) is 5.41 Å². The maximum Gasteiger partial charge on any atom is 0.321 e. The molecule has 0 saturated carbocycles. The molecule has 1 fully saturated rings. The van der Waals surface area contributed by atoms with Crippen molar-refractivity contribution in [2.75, 3.05) is 6.54 Å². The number of nitrogens with zero attached hydrogens (tertiary/aromatic N) is 1. The molecule has 1 heterocycles. The molecule has 0 aromatic rings. The Morgan fingerprint density at radius 2 is 2.20 bits per heavy atom. The van der Waals surface area contributed by atoms with Gasteiger partial charge in [-0.25, -0.2) is 0 Å². The van der Waals surface area contributed by atoms with Crippen LogP contribution in [0.5, 0.6) is 0 Å². The molecule has 0 aliphatic carbocycles. The number of hydrogen-bond acceptors (Lipinski definition) is 2. The van der Waals surface area contributed by atoms with Gasteiger partial charge in [0.2, 0.25) is 0 Å². The van der Waals surface area contributed by atoms with Gasteiger partial charge in [0.15, 0.2) is 0 Å². The molecule has 1 N–H and O–H groups in total. The summed E-state index contributed by atoms with van der Waals surface area (Å²) in [5.74, 6) is -0.667. The molecular formula is C12H23NO2. The Labute approximate surface area is 92.5 Å². The van der Waals surface area contributed by atoms with Crippen LogP contribution in [0.2, 0.25) is 0 Å². The van der Waals surface area contributed by atoms with Crippen molar-refractivity contribution in [3.05, 3.63) is 0 Å². The second-order valence-corrected chi connectivity index (χ2v) is 5.33. The molecule has 0 aromatic carbocycles. The minimum atomic E-state index is -0.667. The molecule has 0 amide bonds. The van der Waals surface area contributed by atoms with E-state index in [1.54, 1.807) is 0 Å². The van der Waals surface area contributed by atoms with Crippen LogP contribution < -0.4 is 0 Å². The van der Waals surface area contributed by atoms with Gasteiger partial charge in [0.25, 0.3) is 0 Å². The van der Waals surface area contributed by atoms with Crippen molar-refractivity contribution in [3.8, 4) is 0 Å². The van der Waals surface area contributed by atoms with Crippen LogP contribution in [0.25, 0.3) is 0 Å². The number of hydrogen-bond donors (Lipinski definition) is 1. The van der Waals surface area contributed by atoms with E-state index in [9.17, 15) is 9.90 Å². The third-order valence-corrected chi connectivity index (χ3v) is 3.70. The number of rotatable bonds is 3. The fourth-order valence-corrected chi connectivity index (χ4v) is 2.62. The molecule has 3 heteroatoms. The zero-order valence-electron chi connectivity index (χ0n) is 10.3. The number of piperidine rings is 1. The molecule has 0 spiro atoms. The Morgan fingerprint density at radius 3 is 2.67 bits per heavy atom. The SMILES string of the molecule is CCC(C)N1CCCC(C)(C)C1C(=O)O. The molecule has 2 atom stereocenters. The molecular weight excluding hydrogens is 190 g/mol. The minimum Gasteiger partial charge on any atom is -0.480 e. The van der Waals surface area contributed by atoms with Crippen LogP contribution in [0.3, 0.4) is 0 Å². The van der Waals surface area contributed by atoms with Gasteiger partial charge in [-0.1, -0.05) is 20.8 Å². The zero-order chi connectivity index (χ0) is 11.6. The first kappa shape index (κ1) is 12.5. The highest BCUT2D eigenvalue weighted by Crippen LogP contribution is 2.36. The lowest BCUT2D eigenvalue weighted by Gasteiger charge is -2.46. The molecule has 0 aromatic heterocycles. The lowest BCUT2D eigenvalue weighted by Crippen LogP contribution is -2.56. The van der Waals surface area contributed by atoms with Gasteiger partial charge >= 0.3 is 5.97 Å². The number of likely N-dealkylation sites (tertiary alicyclic amines) is 1. The van der Waals surface area contributed by atoms with E-state index in [1.807, 2.05) is 0 Å². The Bertz CT molecular complexity index is 238. The summed E-state index contributed by atoms with van der Waals surface area (Å²) in [4.78, 5) is 13.5. The van der Waals surface area contributed by atoms with Crippen molar-refractivity contribution in [2.24, 2.45) is 5.41 Å². The Morgan fingerprint density at radius 1 is 1.60 bits per heavy atom. The van der Waals surface area contributed by atoms with Crippen LogP contribution >= 0.6 is 0 Å². The van der Waals surface area contributed by atoms with Crippen LogP contribution in [0.1, 0.15) is 47.0 Å². The minimum absolute atomic E-state index is 0.104. The molecule has 1 aliphatic heterocycles. The summed E-state index contributed by atoms with van der Waals surface area (Å²) in [6.45, 7) is 9.30. The zero-order valence-corrected chi connectivity index (χ0v) is 10.3. The van der Waals surface area contributed by atoms with E-state index in [4.69, 9.17) is 0 Å². The largest absolute Gasteiger partial charge is 0.480 e. The molecule has 2 unspecified atom stereocenters. The van der Waals surface area contributed by atoms with Gasteiger partial charge in [0.05, 0.1) is 0 Å². The highest BCUT2D eigenvalue weighted by Gasteiger charge is 2.43. The lowest BCUT2D eigenvalue weighted by molar-refractivity contribution is -0.152. The number of carboxylic acids is 1. The maximum absolute atomic E-state index is 11.4. The highest BCUT2D eigenvalue weighted by atomic mass is 16.4. The maximum atomic E-state index is 11.4. The number of carbonyl (C=O) groups is 1. The molecule has 3 nitrogen and oxygen atoms in total. The van der Waals surface area contributed by atoms with Gasteiger partial charge in [0.1, 0.15) is 6.04 Å². The topological polar surface area (TPSA) is 40.5 Å². The molecule has 0 bridgehead atoms. The lowest BCUT2D eigenvalue weighted by atomic mass is 9.75. The fourth-order valence-electron chi connectivity index (χ4n) is 2.62. The van der Waals surface area contributed by atoms with E-state index < -0.39 is 5.97 Å². The van der Waals surface area contributed by atoms with Crippen LogP contribution in [-0.2, 0) is 4.79 Å². The van der Waals surface area contributed by atoms with E-state index in [1.165, 1.54) is 0 Å². The van der Waals surface area contributed by atoms with Crippen LogP contribution in [-0.4, -0.2) is 34.6 Å². The summed E-state index contributed by atoms with van der Waals surface area (Å²) >= 11 is 0. The first-order valence-corrected chi connectivity index (χ1v) is 5.88. The normalized spacial score (nSPS) is 28.7. The molecule has 15 heavy (non-hydrogen) atoms. The van der Waals surface area contributed by atoms with Gasteiger partial charge in [-0.15, -0.1) is 0 Å². The van der Waals surface area contributed by atoms with Crippen LogP contribution in [0.4, 0.5) is 0 Å². The quantitative estimate of drug-likeness (QED) is 0.782. The Hall–Kier alpha value is -0.570. The second-order valence-electron chi connectivity index (χ2n) is 5.33. The standard InChI is InChI=1S/C12H23NO2/c1-5-9(2)13-8-6-7-12(3,4)10(13)11(14)15/h9-10H,5-8H2,1-4H3,(H,14,15). The van der Waals surface area contributed by atoms with E-state index in [-0.39, 0.29) is 11.5 Å². The number of aliphatic carboxylic acids is 1. The molecule has 1 aliphatic rings. The summed E-state index contributed by atoms with van der Waals surface area (Å²) in [5, 5.41) is 9.35. The third-order valence-electron chi connectivity index (χ3n) is 3.70. The van der Waals surface area contributed by atoms with Gasteiger partial charge in [-0.3, -0.25) is 9.69 Å². The molecule has 1 saturated heterocycles. The van der Waals surface area contributed by atoms with Crippen molar-refractivity contribution in [1.29, 1.82) is 0 Å². The van der Waals surface area contributed by atoms with Gasteiger partial charge in [-0.2, -0.15) is 0 Å². The Balaban J connectivity index is 2.89. The predicted octanol–water partition coefficient (Wildman–Crippen LogP) is 2.36. The first-order valence-electron chi connectivity index (χ1n) is 5.88. The smallest absolute Gasteiger partial charge is 0.321 e. The Kier molecular flexibility index (Phi) is 3.77. The van der Waals surface area contributed by atoms with E-state index in [0.29, 0.717) is 6.04 Å². The summed E-state index contributed by atoms with van der Waals surface area (Å²) < 4.78 is 0. The first-order chi connectivity index (χ1) is 6.90. The second kappa shape index (κ2) is 4.52. The summed E-state index contributed by atoms with van der Waals surface area (Å²) in [5.41, 5.74) is -0.104. The number of carboxylic acid groups (broad SMARTS) is 1. The summed E-state index contributed by atoms with van der Waals surface area (Å²) in [7, 11) is 0. The van der Waals surface area contributed by atoms with Crippen molar-refractivity contribution in [1.82, 2.24) is 4.90 Å². The monoisotopic (exact) mass is 213 g/mol. The van der Waals surface area contributed by atoms with Crippen molar-refractivity contribution >= 4 is 5.97 Å².